The number of carbonyl (C=O) groups is 1. The van der Waals surface area contributed by atoms with Crippen molar-refractivity contribution >= 4 is 40.3 Å². The fourth-order valence-corrected chi connectivity index (χ4v) is 1.40. The van der Waals surface area contributed by atoms with Crippen LogP contribution >= 0.6 is 24.4 Å². The fourth-order valence-electron chi connectivity index (χ4n) is 0.994. The van der Waals surface area contributed by atoms with E-state index >= 15 is 0 Å². The van der Waals surface area contributed by atoms with E-state index < -0.39 is 0 Å². The van der Waals surface area contributed by atoms with Gasteiger partial charge in [0.2, 0.25) is 0 Å². The summed E-state index contributed by atoms with van der Waals surface area (Å²) >= 11 is 9.78. The van der Waals surface area contributed by atoms with E-state index in [1.807, 2.05) is 0 Å². The first-order valence-corrected chi connectivity index (χ1v) is 4.99. The van der Waals surface area contributed by atoms with Gasteiger partial charge in [-0.3, -0.25) is 4.79 Å². The van der Waals surface area contributed by atoms with Gasteiger partial charge in [0.1, 0.15) is 5.78 Å². The van der Waals surface area contributed by atoms with Gasteiger partial charge < -0.3 is 9.47 Å². The molecule has 3 nitrogen and oxygen atoms in total. The minimum absolute atomic E-state index is 0.00393. The lowest BCUT2D eigenvalue weighted by Crippen LogP contribution is -2.22. The Bertz CT molecular complexity index is 238. The summed E-state index contributed by atoms with van der Waals surface area (Å²) in [5.74, 6) is -0.362. The molecule has 0 amide bonds. The topological polar surface area (TPSA) is 35.5 Å². The molecule has 0 radical (unpaired) electrons. The van der Waals surface area contributed by atoms with Gasteiger partial charge in [0.05, 0.1) is 20.1 Å². The van der Waals surface area contributed by atoms with E-state index in [2.05, 4.69) is 0 Å². The van der Waals surface area contributed by atoms with E-state index in [1.165, 1.54) is 21.1 Å². The fraction of sp³-hybridized carbons (Fsp3) is 0.667. The molecule has 0 N–H and O–H groups in total. The van der Waals surface area contributed by atoms with Crippen LogP contribution in [-0.4, -0.2) is 30.1 Å². The average Bonchev–Trinajstić information content (AvgIpc) is 2.16. The molecule has 0 fully saturated rings. The number of methoxy groups -OCH3 is 2. The van der Waals surface area contributed by atoms with Crippen LogP contribution in [0.4, 0.5) is 0 Å². The Balaban J connectivity index is 4.18. The van der Waals surface area contributed by atoms with Crippen LogP contribution in [-0.2, 0) is 14.3 Å². The smallest absolute Gasteiger partial charge is 0.169 e. The van der Waals surface area contributed by atoms with E-state index in [1.54, 1.807) is 0 Å². The number of hydrogen-bond acceptors (Lipinski definition) is 5. The van der Waals surface area contributed by atoms with Gasteiger partial charge in [-0.25, -0.2) is 0 Å². The minimum Gasteiger partial charge on any atom is -0.490 e. The summed E-state index contributed by atoms with van der Waals surface area (Å²) in [5, 5.41) is 0.798. The lowest BCUT2D eigenvalue weighted by atomic mass is 10.0. The number of carbonyl (C=O) groups excluding carboxylic acids is 1. The SMILES string of the molecule is COC(=S)CCC(C(C)=O)C(=S)OC. The molecule has 5 heteroatoms. The lowest BCUT2D eigenvalue weighted by molar-refractivity contribution is -0.119. The molecule has 0 bridgehead atoms. The van der Waals surface area contributed by atoms with Crippen LogP contribution in [0.25, 0.3) is 0 Å². The van der Waals surface area contributed by atoms with E-state index in [-0.39, 0.29) is 11.7 Å². The van der Waals surface area contributed by atoms with Gasteiger partial charge >= 0.3 is 0 Å². The predicted molar refractivity (Wildman–Crippen MR) is 62.6 cm³/mol. The molecule has 0 aliphatic rings. The molecule has 1 unspecified atom stereocenters. The highest BCUT2D eigenvalue weighted by molar-refractivity contribution is 7.80. The molecule has 80 valence electrons. The molecule has 0 heterocycles. The summed E-state index contributed by atoms with van der Waals surface area (Å²) in [6.45, 7) is 1.49. The zero-order valence-electron chi connectivity index (χ0n) is 8.53. The van der Waals surface area contributed by atoms with Crippen molar-refractivity contribution in [1.29, 1.82) is 0 Å². The van der Waals surface area contributed by atoms with Crippen LogP contribution in [0.3, 0.4) is 0 Å². The average molecular weight is 234 g/mol. The lowest BCUT2D eigenvalue weighted by Gasteiger charge is -2.13. The van der Waals surface area contributed by atoms with Crippen LogP contribution < -0.4 is 0 Å². The van der Waals surface area contributed by atoms with Crippen LogP contribution in [0, 0.1) is 5.92 Å². The summed E-state index contributed by atoms with van der Waals surface area (Å²) in [7, 11) is 2.98. The Morgan fingerprint density at radius 3 is 2.21 bits per heavy atom. The number of rotatable bonds is 5. The summed E-state index contributed by atoms with van der Waals surface area (Å²) in [6.07, 6.45) is 1.09. The van der Waals surface area contributed by atoms with Crippen molar-refractivity contribution in [3.05, 3.63) is 0 Å². The van der Waals surface area contributed by atoms with Crippen molar-refractivity contribution in [2.45, 2.75) is 19.8 Å². The van der Waals surface area contributed by atoms with Crippen LogP contribution in [0.1, 0.15) is 19.8 Å². The highest BCUT2D eigenvalue weighted by atomic mass is 32.1. The van der Waals surface area contributed by atoms with E-state index in [0.29, 0.717) is 22.9 Å². The zero-order chi connectivity index (χ0) is 11.1. The van der Waals surface area contributed by atoms with Gasteiger partial charge in [0.25, 0.3) is 0 Å². The third kappa shape index (κ3) is 4.62. The second kappa shape index (κ2) is 6.84. The summed E-state index contributed by atoms with van der Waals surface area (Å²) < 4.78 is 9.70. The van der Waals surface area contributed by atoms with Crippen molar-refractivity contribution in [3.63, 3.8) is 0 Å². The van der Waals surface area contributed by atoms with Crippen molar-refractivity contribution in [2.75, 3.05) is 14.2 Å². The maximum atomic E-state index is 11.2. The molecule has 0 spiro atoms. The first kappa shape index (κ1) is 13.4. The van der Waals surface area contributed by atoms with Crippen molar-refractivity contribution < 1.29 is 14.3 Å². The second-order valence-corrected chi connectivity index (χ2v) is 3.66. The number of Topliss-reactive ketones (excluding diaryl/α,β-unsaturated/α-hetero) is 1. The van der Waals surface area contributed by atoms with Crippen molar-refractivity contribution in [1.82, 2.24) is 0 Å². The largest absolute Gasteiger partial charge is 0.490 e. The Labute approximate surface area is 94.8 Å². The molecule has 0 saturated heterocycles. The Morgan fingerprint density at radius 2 is 1.86 bits per heavy atom. The predicted octanol–water partition coefficient (Wildman–Crippen LogP) is 1.92. The van der Waals surface area contributed by atoms with Crippen LogP contribution in [0.15, 0.2) is 0 Å². The number of ether oxygens (including phenoxy) is 2. The van der Waals surface area contributed by atoms with Crippen molar-refractivity contribution in [2.24, 2.45) is 5.92 Å². The van der Waals surface area contributed by atoms with E-state index in [0.717, 1.165) is 0 Å². The molecule has 0 rings (SSSR count). The van der Waals surface area contributed by atoms with Crippen LogP contribution in [0.5, 0.6) is 0 Å². The molecule has 0 aromatic heterocycles. The molecular weight excluding hydrogens is 220 g/mol. The third-order valence-corrected chi connectivity index (χ3v) is 2.66. The summed E-state index contributed by atoms with van der Waals surface area (Å²) in [6, 6.07) is 0. The molecule has 0 aliphatic carbocycles. The highest BCUT2D eigenvalue weighted by Crippen LogP contribution is 2.12. The van der Waals surface area contributed by atoms with E-state index in [4.69, 9.17) is 33.9 Å². The molecular formula is C9H14O3S2. The monoisotopic (exact) mass is 234 g/mol. The number of ketones is 1. The highest BCUT2D eigenvalue weighted by Gasteiger charge is 2.20. The van der Waals surface area contributed by atoms with Gasteiger partial charge in [0.15, 0.2) is 10.1 Å². The summed E-state index contributed by atoms with van der Waals surface area (Å²) in [4.78, 5) is 11.2. The van der Waals surface area contributed by atoms with Gasteiger partial charge in [-0.05, 0) is 37.8 Å². The first-order chi connectivity index (χ1) is 6.52. The quantitative estimate of drug-likeness (QED) is 0.679. The maximum Gasteiger partial charge on any atom is 0.169 e. The first-order valence-electron chi connectivity index (χ1n) is 4.18. The van der Waals surface area contributed by atoms with Gasteiger partial charge in [-0.1, -0.05) is 0 Å². The molecule has 14 heavy (non-hydrogen) atoms. The Hall–Kier alpha value is -0.550. The Kier molecular flexibility index (Phi) is 6.57. The molecule has 0 aromatic carbocycles. The normalized spacial score (nSPS) is 11.6. The van der Waals surface area contributed by atoms with Crippen LogP contribution in [0.2, 0.25) is 0 Å². The maximum absolute atomic E-state index is 11.2. The molecule has 0 aromatic rings. The van der Waals surface area contributed by atoms with Gasteiger partial charge in [-0.2, -0.15) is 0 Å². The summed E-state index contributed by atoms with van der Waals surface area (Å²) in [5.41, 5.74) is 0. The third-order valence-electron chi connectivity index (χ3n) is 1.84. The number of thiocarbonyl (C=S) groups is 2. The van der Waals surface area contributed by atoms with Crippen molar-refractivity contribution in [3.8, 4) is 0 Å². The molecule has 0 saturated carbocycles. The Morgan fingerprint density at radius 1 is 1.29 bits per heavy atom. The standard InChI is InChI=1S/C9H14O3S2/c1-6(10)7(9(14)12-3)4-5-8(13)11-2/h7H,4-5H2,1-3H3. The van der Waals surface area contributed by atoms with Gasteiger partial charge in [0, 0.05) is 6.42 Å². The van der Waals surface area contributed by atoms with E-state index in [9.17, 15) is 4.79 Å². The number of hydrogen-bond donors (Lipinski definition) is 0. The second-order valence-electron chi connectivity index (χ2n) is 2.80. The molecule has 0 aliphatic heterocycles. The zero-order valence-corrected chi connectivity index (χ0v) is 10.2. The van der Waals surface area contributed by atoms with Gasteiger partial charge in [-0.15, -0.1) is 0 Å². The minimum atomic E-state index is -0.358. The molecule has 1 atom stereocenters.